The van der Waals surface area contributed by atoms with Crippen molar-refractivity contribution in [1.82, 2.24) is 9.80 Å². The van der Waals surface area contributed by atoms with Gasteiger partial charge in [-0.25, -0.2) is 0 Å². The van der Waals surface area contributed by atoms with Gasteiger partial charge in [-0.15, -0.1) is 11.3 Å². The third-order valence-corrected chi connectivity index (χ3v) is 5.77. The Bertz CT molecular complexity index is 519. The van der Waals surface area contributed by atoms with Crippen molar-refractivity contribution in [3.8, 4) is 0 Å². The highest BCUT2D eigenvalue weighted by Crippen LogP contribution is 2.45. The predicted molar refractivity (Wildman–Crippen MR) is 82.6 cm³/mol. The fourth-order valence-electron chi connectivity index (χ4n) is 2.84. The van der Waals surface area contributed by atoms with Crippen LogP contribution in [-0.4, -0.2) is 48.5 Å². The van der Waals surface area contributed by atoms with Gasteiger partial charge in [0.2, 0.25) is 5.91 Å². The minimum atomic E-state index is -0.264. The summed E-state index contributed by atoms with van der Waals surface area (Å²) in [5.74, 6) is 0.0205. The Morgan fingerprint density at radius 2 is 2.10 bits per heavy atom. The SMILES string of the molecule is C=CC(=O)N1CCN(C2(c3ccc(Br)s3)CCO2)CC1. The number of carbonyl (C=O) groups is 1. The van der Waals surface area contributed by atoms with Gasteiger partial charge in [0.25, 0.3) is 0 Å². The molecule has 1 atom stereocenters. The van der Waals surface area contributed by atoms with E-state index in [1.165, 1.54) is 11.0 Å². The number of thiophene rings is 1. The number of ether oxygens (including phenoxy) is 1. The van der Waals surface area contributed by atoms with Crippen LogP contribution in [0.2, 0.25) is 0 Å². The van der Waals surface area contributed by atoms with Crippen molar-refractivity contribution >= 4 is 33.2 Å². The van der Waals surface area contributed by atoms with Crippen LogP contribution < -0.4 is 0 Å². The summed E-state index contributed by atoms with van der Waals surface area (Å²) in [5, 5.41) is 0. The van der Waals surface area contributed by atoms with Crippen molar-refractivity contribution in [2.75, 3.05) is 32.8 Å². The number of hydrogen-bond acceptors (Lipinski definition) is 4. The number of halogens is 1. The Morgan fingerprint density at radius 1 is 1.40 bits per heavy atom. The third-order valence-electron chi connectivity index (χ3n) is 4.02. The van der Waals surface area contributed by atoms with Gasteiger partial charge in [-0.3, -0.25) is 9.69 Å². The van der Waals surface area contributed by atoms with E-state index >= 15 is 0 Å². The molecular weight excluding hydrogens is 340 g/mol. The molecule has 2 aliphatic rings. The molecule has 1 unspecified atom stereocenters. The molecule has 3 rings (SSSR count). The molecule has 1 amide bonds. The summed E-state index contributed by atoms with van der Waals surface area (Å²) >= 11 is 5.25. The number of piperazine rings is 1. The molecule has 0 radical (unpaired) electrons. The van der Waals surface area contributed by atoms with Crippen molar-refractivity contribution in [2.24, 2.45) is 0 Å². The Hall–Kier alpha value is -0.690. The molecule has 108 valence electrons. The van der Waals surface area contributed by atoms with E-state index in [9.17, 15) is 4.79 Å². The van der Waals surface area contributed by atoms with Crippen molar-refractivity contribution in [1.29, 1.82) is 0 Å². The summed E-state index contributed by atoms with van der Waals surface area (Å²) in [7, 11) is 0. The van der Waals surface area contributed by atoms with Gasteiger partial charge in [0.05, 0.1) is 15.3 Å². The summed E-state index contributed by atoms with van der Waals surface area (Å²) < 4.78 is 7.10. The number of nitrogens with zero attached hydrogens (tertiary/aromatic N) is 2. The molecular formula is C14H17BrN2O2S. The molecule has 6 heteroatoms. The van der Waals surface area contributed by atoms with Crippen LogP contribution in [0.1, 0.15) is 11.3 Å². The lowest BCUT2D eigenvalue weighted by Crippen LogP contribution is -2.61. The molecule has 2 aliphatic heterocycles. The van der Waals surface area contributed by atoms with Gasteiger partial charge < -0.3 is 9.64 Å². The average molecular weight is 357 g/mol. The van der Waals surface area contributed by atoms with Gasteiger partial charge in [0, 0.05) is 32.6 Å². The van der Waals surface area contributed by atoms with Gasteiger partial charge in [0.15, 0.2) is 5.72 Å². The van der Waals surface area contributed by atoms with Crippen LogP contribution in [0, 0.1) is 0 Å². The van der Waals surface area contributed by atoms with E-state index in [1.54, 1.807) is 11.3 Å². The summed E-state index contributed by atoms with van der Waals surface area (Å²) in [5.41, 5.74) is -0.264. The lowest BCUT2D eigenvalue weighted by atomic mass is 9.99. The van der Waals surface area contributed by atoms with Gasteiger partial charge in [-0.05, 0) is 34.1 Å². The van der Waals surface area contributed by atoms with Crippen molar-refractivity contribution in [2.45, 2.75) is 12.1 Å². The largest absolute Gasteiger partial charge is 0.355 e. The van der Waals surface area contributed by atoms with Crippen LogP contribution in [0.3, 0.4) is 0 Å². The van der Waals surface area contributed by atoms with Crippen LogP contribution in [0.5, 0.6) is 0 Å². The Labute approximate surface area is 131 Å². The first kappa shape index (κ1) is 14.3. The lowest BCUT2D eigenvalue weighted by molar-refractivity contribution is -0.252. The fourth-order valence-corrected chi connectivity index (χ4v) is 4.42. The highest BCUT2D eigenvalue weighted by Gasteiger charge is 2.47. The molecule has 0 aliphatic carbocycles. The first-order chi connectivity index (χ1) is 9.65. The minimum absolute atomic E-state index is 0.0205. The maximum atomic E-state index is 11.6. The quantitative estimate of drug-likeness (QED) is 0.779. The Morgan fingerprint density at radius 3 is 2.55 bits per heavy atom. The summed E-state index contributed by atoms with van der Waals surface area (Å²) in [4.78, 5) is 17.1. The fraction of sp³-hybridized carbons (Fsp3) is 0.500. The van der Waals surface area contributed by atoms with E-state index in [1.807, 2.05) is 4.90 Å². The molecule has 0 N–H and O–H groups in total. The number of rotatable bonds is 3. The monoisotopic (exact) mass is 356 g/mol. The van der Waals surface area contributed by atoms with Gasteiger partial charge in [-0.2, -0.15) is 0 Å². The number of carbonyl (C=O) groups excluding carboxylic acids is 1. The molecule has 20 heavy (non-hydrogen) atoms. The molecule has 0 bridgehead atoms. The van der Waals surface area contributed by atoms with Crippen molar-refractivity contribution in [3.05, 3.63) is 33.5 Å². The molecule has 1 aromatic heterocycles. The first-order valence-electron chi connectivity index (χ1n) is 6.72. The van der Waals surface area contributed by atoms with Crippen LogP contribution in [0.15, 0.2) is 28.6 Å². The van der Waals surface area contributed by atoms with E-state index in [0.717, 1.165) is 43.0 Å². The molecule has 0 saturated carbocycles. The molecule has 1 aromatic rings. The summed E-state index contributed by atoms with van der Waals surface area (Å²) in [6, 6.07) is 4.20. The topological polar surface area (TPSA) is 32.8 Å². The van der Waals surface area contributed by atoms with Crippen LogP contribution in [0.4, 0.5) is 0 Å². The summed E-state index contributed by atoms with van der Waals surface area (Å²) in [6.07, 6.45) is 2.41. The minimum Gasteiger partial charge on any atom is -0.355 e. The molecule has 3 heterocycles. The second-order valence-electron chi connectivity index (χ2n) is 5.00. The zero-order valence-electron chi connectivity index (χ0n) is 11.2. The van der Waals surface area contributed by atoms with E-state index in [0.29, 0.717) is 0 Å². The maximum Gasteiger partial charge on any atom is 0.246 e. The van der Waals surface area contributed by atoms with E-state index in [4.69, 9.17) is 4.74 Å². The van der Waals surface area contributed by atoms with Crippen LogP contribution in [-0.2, 0) is 15.3 Å². The average Bonchev–Trinajstić information content (AvgIpc) is 2.84. The standard InChI is InChI=1S/C14H17BrN2O2S/c1-2-13(18)16-6-8-17(9-7-16)14(5-10-19-14)11-3-4-12(15)20-11/h2-4H,1,5-10H2. The zero-order chi connectivity index (χ0) is 14.2. The molecule has 0 aromatic carbocycles. The molecule has 2 fully saturated rings. The Kier molecular flexibility index (Phi) is 3.99. The zero-order valence-corrected chi connectivity index (χ0v) is 13.6. The van der Waals surface area contributed by atoms with E-state index in [2.05, 4.69) is 39.5 Å². The van der Waals surface area contributed by atoms with Crippen molar-refractivity contribution in [3.63, 3.8) is 0 Å². The number of amides is 1. The Balaban J connectivity index is 1.73. The molecule has 0 spiro atoms. The molecule has 4 nitrogen and oxygen atoms in total. The smallest absolute Gasteiger partial charge is 0.246 e. The lowest BCUT2D eigenvalue weighted by Gasteiger charge is -2.51. The summed E-state index contributed by atoms with van der Waals surface area (Å²) in [6.45, 7) is 7.52. The first-order valence-corrected chi connectivity index (χ1v) is 8.33. The third kappa shape index (κ3) is 2.35. The van der Waals surface area contributed by atoms with Crippen molar-refractivity contribution < 1.29 is 9.53 Å². The predicted octanol–water partition coefficient (Wildman–Crippen LogP) is 2.41. The number of hydrogen-bond donors (Lipinski definition) is 0. The highest BCUT2D eigenvalue weighted by molar-refractivity contribution is 9.11. The van der Waals surface area contributed by atoms with Crippen LogP contribution >= 0.6 is 27.3 Å². The van der Waals surface area contributed by atoms with Gasteiger partial charge in [0.1, 0.15) is 0 Å². The normalized spacial score (nSPS) is 27.1. The van der Waals surface area contributed by atoms with E-state index < -0.39 is 0 Å². The maximum absolute atomic E-state index is 11.6. The molecule has 2 saturated heterocycles. The van der Waals surface area contributed by atoms with Gasteiger partial charge >= 0.3 is 0 Å². The second-order valence-corrected chi connectivity index (χ2v) is 7.47. The van der Waals surface area contributed by atoms with E-state index in [-0.39, 0.29) is 11.6 Å². The highest BCUT2D eigenvalue weighted by atomic mass is 79.9. The van der Waals surface area contributed by atoms with Crippen LogP contribution in [0.25, 0.3) is 0 Å². The second kappa shape index (κ2) is 5.60. The van der Waals surface area contributed by atoms with Gasteiger partial charge in [-0.1, -0.05) is 6.58 Å².